The van der Waals surface area contributed by atoms with Gasteiger partial charge in [0.05, 0.1) is 24.3 Å². The largest absolute Gasteiger partial charge is 0.494 e. The molecular formula is C34H30N2O8. The highest BCUT2D eigenvalue weighted by molar-refractivity contribution is 5.92. The number of hydrogen-bond donors (Lipinski definition) is 0. The topological polar surface area (TPSA) is 124 Å². The summed E-state index contributed by atoms with van der Waals surface area (Å²) >= 11 is 0. The van der Waals surface area contributed by atoms with Crippen molar-refractivity contribution < 1.29 is 38.1 Å². The quantitative estimate of drug-likeness (QED) is 0.0886. The van der Waals surface area contributed by atoms with E-state index in [1.165, 1.54) is 0 Å². The fraction of sp³-hybridized carbons (Fsp3) is 0.176. The van der Waals surface area contributed by atoms with Gasteiger partial charge in [0.15, 0.2) is 0 Å². The van der Waals surface area contributed by atoms with Gasteiger partial charge in [-0.25, -0.2) is 9.59 Å². The second kappa shape index (κ2) is 14.0. The fourth-order valence-electron chi connectivity index (χ4n) is 4.19. The van der Waals surface area contributed by atoms with E-state index >= 15 is 0 Å². The molecule has 0 fully saturated rings. The van der Waals surface area contributed by atoms with Crippen LogP contribution in [0.25, 0.3) is 22.5 Å². The smallest absolute Gasteiger partial charge is 0.343 e. The summed E-state index contributed by atoms with van der Waals surface area (Å²) in [6, 6.07) is 26.4. The molecule has 1 heterocycles. The Hall–Kier alpha value is -5.64. The minimum atomic E-state index is -0.525. The van der Waals surface area contributed by atoms with E-state index in [1.54, 1.807) is 97.1 Å². The second-order valence-electron chi connectivity index (χ2n) is 9.70. The number of benzene rings is 4. The number of carbonyl (C=O) groups is 2. The predicted octanol–water partition coefficient (Wildman–Crippen LogP) is 6.66. The lowest BCUT2D eigenvalue weighted by atomic mass is 10.0. The highest BCUT2D eigenvalue weighted by Crippen LogP contribution is 2.30. The third-order valence-corrected chi connectivity index (χ3v) is 6.42. The lowest BCUT2D eigenvalue weighted by Gasteiger charge is -2.07. The zero-order chi connectivity index (χ0) is 30.9. The molecule has 0 bridgehead atoms. The number of nitrogens with zero attached hydrogens (tertiary/aromatic N) is 2. The van der Waals surface area contributed by atoms with Crippen molar-refractivity contribution in [2.75, 3.05) is 13.2 Å². The summed E-state index contributed by atoms with van der Waals surface area (Å²) in [6.45, 7) is 5.23. The van der Waals surface area contributed by atoms with E-state index in [-0.39, 0.29) is 11.4 Å². The molecule has 0 saturated heterocycles. The Morgan fingerprint density at radius 1 is 0.636 bits per heavy atom. The number of hydrogen-bond acceptors (Lipinski definition) is 9. The van der Waals surface area contributed by atoms with E-state index in [0.717, 1.165) is 12.8 Å². The van der Waals surface area contributed by atoms with Crippen LogP contribution in [0.15, 0.2) is 102 Å². The van der Waals surface area contributed by atoms with Crippen LogP contribution in [0.5, 0.6) is 23.0 Å². The molecule has 0 aliphatic rings. The Labute approximate surface area is 253 Å². The van der Waals surface area contributed by atoms with Crippen LogP contribution in [0, 0.1) is 5.21 Å². The highest BCUT2D eigenvalue weighted by Gasteiger charge is 2.23. The van der Waals surface area contributed by atoms with Crippen LogP contribution >= 0.6 is 0 Å². The van der Waals surface area contributed by atoms with Gasteiger partial charge in [0.2, 0.25) is 5.69 Å². The highest BCUT2D eigenvalue weighted by atomic mass is 16.8. The molecule has 1 aromatic heterocycles. The van der Waals surface area contributed by atoms with Crippen molar-refractivity contribution in [1.82, 2.24) is 5.16 Å². The molecule has 0 saturated carbocycles. The molecule has 5 aromatic rings. The van der Waals surface area contributed by atoms with Crippen molar-refractivity contribution in [3.8, 4) is 45.5 Å². The molecule has 5 rings (SSSR count). The monoisotopic (exact) mass is 594 g/mol. The van der Waals surface area contributed by atoms with E-state index < -0.39 is 11.9 Å². The standard InChI is InChI=1S/C34H30N2O8/c1-3-21-40-27-13-9-25(10-14-27)33(37)42-29-17-5-23(6-18-29)31-32(36(39)44-35-31)24-7-19-30(20-8-24)43-34(38)26-11-15-28(16-12-26)41-22-4-2/h5-20H,3-4,21-22H2,1-2H3. The summed E-state index contributed by atoms with van der Waals surface area (Å²) in [5, 5.41) is 16.4. The molecule has 10 nitrogen and oxygen atoms in total. The minimum absolute atomic E-state index is 0.167. The van der Waals surface area contributed by atoms with Crippen LogP contribution in [-0.2, 0) is 0 Å². The summed E-state index contributed by atoms with van der Waals surface area (Å²) in [6.07, 6.45) is 1.78. The van der Waals surface area contributed by atoms with Gasteiger partial charge in [-0.3, -0.25) is 4.63 Å². The Morgan fingerprint density at radius 2 is 1.05 bits per heavy atom. The Morgan fingerprint density at radius 3 is 1.48 bits per heavy atom. The van der Waals surface area contributed by atoms with Crippen molar-refractivity contribution in [2.45, 2.75) is 26.7 Å². The summed E-state index contributed by atoms with van der Waals surface area (Å²) in [5.74, 6) is 0.940. The lowest BCUT2D eigenvalue weighted by Crippen LogP contribution is -2.25. The van der Waals surface area contributed by atoms with Gasteiger partial charge in [-0.1, -0.05) is 13.8 Å². The Balaban J connectivity index is 1.24. The third kappa shape index (κ3) is 7.22. The van der Waals surface area contributed by atoms with Crippen molar-refractivity contribution in [3.05, 3.63) is 113 Å². The lowest BCUT2D eigenvalue weighted by molar-refractivity contribution is -0.793. The first kappa shape index (κ1) is 29.8. The fourth-order valence-corrected chi connectivity index (χ4v) is 4.19. The maximum Gasteiger partial charge on any atom is 0.343 e. The SMILES string of the molecule is CCCOc1ccc(C(=O)Oc2ccc(-c3no[n+]([O-])c3-c3ccc(OC(=O)c4ccc(OCCC)cc4)cc3)cc2)cc1. The molecule has 44 heavy (non-hydrogen) atoms. The molecule has 0 aliphatic heterocycles. The summed E-state index contributed by atoms with van der Waals surface area (Å²) in [4.78, 5) is 25.5. The summed E-state index contributed by atoms with van der Waals surface area (Å²) < 4.78 is 27.0. The van der Waals surface area contributed by atoms with Gasteiger partial charge in [0, 0.05) is 16.3 Å². The first-order chi connectivity index (χ1) is 21.4. The molecule has 0 radical (unpaired) electrons. The van der Waals surface area contributed by atoms with Gasteiger partial charge in [0.25, 0.3) is 5.69 Å². The van der Waals surface area contributed by atoms with Crippen LogP contribution in [-0.4, -0.2) is 30.3 Å². The molecule has 0 unspecified atom stereocenters. The maximum atomic E-state index is 12.6. The first-order valence-electron chi connectivity index (χ1n) is 14.2. The second-order valence-corrected chi connectivity index (χ2v) is 9.70. The maximum absolute atomic E-state index is 12.6. The number of rotatable bonds is 12. The molecule has 0 aliphatic carbocycles. The van der Waals surface area contributed by atoms with Gasteiger partial charge in [-0.2, -0.15) is 0 Å². The molecule has 224 valence electrons. The van der Waals surface area contributed by atoms with Gasteiger partial charge in [-0.15, -0.1) is 0 Å². The third-order valence-electron chi connectivity index (χ3n) is 6.42. The zero-order valence-electron chi connectivity index (χ0n) is 24.2. The van der Waals surface area contributed by atoms with Crippen molar-refractivity contribution in [3.63, 3.8) is 0 Å². The van der Waals surface area contributed by atoms with Gasteiger partial charge >= 0.3 is 11.9 Å². The molecule has 0 spiro atoms. The van der Waals surface area contributed by atoms with E-state index in [0.29, 0.717) is 63.4 Å². The van der Waals surface area contributed by atoms with Crippen molar-refractivity contribution in [2.24, 2.45) is 0 Å². The van der Waals surface area contributed by atoms with Crippen LogP contribution in [0.4, 0.5) is 0 Å². The minimum Gasteiger partial charge on any atom is -0.494 e. The molecule has 10 heteroatoms. The van der Waals surface area contributed by atoms with E-state index in [4.69, 9.17) is 23.6 Å². The zero-order valence-corrected chi connectivity index (χ0v) is 24.2. The normalized spacial score (nSPS) is 10.7. The average molecular weight is 595 g/mol. The molecule has 4 aromatic carbocycles. The van der Waals surface area contributed by atoms with Gasteiger partial charge in [0.1, 0.15) is 23.0 Å². The van der Waals surface area contributed by atoms with Crippen molar-refractivity contribution >= 4 is 11.9 Å². The molecule has 0 atom stereocenters. The predicted molar refractivity (Wildman–Crippen MR) is 161 cm³/mol. The van der Waals surface area contributed by atoms with Crippen LogP contribution < -0.4 is 23.9 Å². The van der Waals surface area contributed by atoms with Crippen LogP contribution in [0.1, 0.15) is 47.4 Å². The van der Waals surface area contributed by atoms with E-state index in [1.807, 2.05) is 13.8 Å². The summed E-state index contributed by atoms with van der Waals surface area (Å²) in [5.41, 5.74) is 2.28. The van der Waals surface area contributed by atoms with Gasteiger partial charge in [-0.05, 0) is 115 Å². The van der Waals surface area contributed by atoms with Crippen LogP contribution in [0.2, 0.25) is 0 Å². The number of aromatic nitrogens is 2. The van der Waals surface area contributed by atoms with Crippen molar-refractivity contribution in [1.29, 1.82) is 0 Å². The number of carbonyl (C=O) groups excluding carboxylic acids is 2. The van der Waals surface area contributed by atoms with E-state index in [2.05, 4.69) is 5.16 Å². The molecular weight excluding hydrogens is 564 g/mol. The van der Waals surface area contributed by atoms with E-state index in [9.17, 15) is 14.8 Å². The molecule has 0 N–H and O–H groups in total. The first-order valence-corrected chi connectivity index (χ1v) is 14.2. The summed E-state index contributed by atoms with van der Waals surface area (Å²) in [7, 11) is 0. The average Bonchev–Trinajstić information content (AvgIpc) is 3.45. The van der Waals surface area contributed by atoms with Crippen LogP contribution in [0.3, 0.4) is 0 Å². The van der Waals surface area contributed by atoms with Gasteiger partial charge < -0.3 is 24.2 Å². The Bertz CT molecular complexity index is 1690. The number of esters is 2. The Kier molecular flexibility index (Phi) is 9.51. The molecule has 0 amide bonds. The number of ether oxygens (including phenoxy) is 4.